The molecule has 9 heavy (non-hydrogen) atoms. The minimum atomic E-state index is 0.0260. The summed E-state index contributed by atoms with van der Waals surface area (Å²) in [7, 11) is 0. The van der Waals surface area contributed by atoms with Crippen molar-refractivity contribution in [3.8, 4) is 0 Å². The zero-order valence-electron chi connectivity index (χ0n) is 5.35. The fraction of sp³-hybridized carbons (Fsp3) is 0.857. The molecule has 2 fully saturated rings. The van der Waals surface area contributed by atoms with Crippen molar-refractivity contribution in [3.63, 3.8) is 0 Å². The predicted octanol–water partition coefficient (Wildman–Crippen LogP) is 0.756. The summed E-state index contributed by atoms with van der Waals surface area (Å²) in [6, 6.07) is 0. The Kier molecular flexibility index (Phi) is 0.943. The lowest BCUT2D eigenvalue weighted by molar-refractivity contribution is -0.132. The molecule has 2 nitrogen and oxygen atoms in total. The van der Waals surface area contributed by atoms with Gasteiger partial charge in [0.1, 0.15) is 5.78 Å². The Hall–Kier alpha value is -0.370. The van der Waals surface area contributed by atoms with Crippen molar-refractivity contribution in [2.24, 2.45) is 5.41 Å². The van der Waals surface area contributed by atoms with Gasteiger partial charge in [-0.3, -0.25) is 4.79 Å². The van der Waals surface area contributed by atoms with E-state index >= 15 is 0 Å². The maximum absolute atomic E-state index is 11.1. The third kappa shape index (κ3) is 0.697. The van der Waals surface area contributed by atoms with E-state index in [9.17, 15) is 4.79 Å². The van der Waals surface area contributed by atoms with Crippen molar-refractivity contribution in [1.29, 1.82) is 0 Å². The zero-order valence-corrected chi connectivity index (χ0v) is 5.35. The standard InChI is InChI=1S/C7H10O2/c8-6-1-4-9-5-7(6)2-3-7/h1-5H2. The van der Waals surface area contributed by atoms with Gasteiger partial charge >= 0.3 is 0 Å². The molecule has 1 saturated carbocycles. The van der Waals surface area contributed by atoms with E-state index in [4.69, 9.17) is 4.74 Å². The monoisotopic (exact) mass is 126 g/mol. The lowest BCUT2D eigenvalue weighted by Gasteiger charge is -2.19. The first kappa shape index (κ1) is 5.42. The number of Topliss-reactive ketones (excluding diaryl/α,β-unsaturated/α-hetero) is 1. The molecule has 1 spiro atoms. The minimum Gasteiger partial charge on any atom is -0.380 e. The zero-order chi connectivity index (χ0) is 6.32. The van der Waals surface area contributed by atoms with E-state index in [1.165, 1.54) is 0 Å². The van der Waals surface area contributed by atoms with Crippen LogP contribution in [-0.2, 0) is 9.53 Å². The first-order valence-corrected chi connectivity index (χ1v) is 3.45. The molecular weight excluding hydrogens is 116 g/mol. The first-order chi connectivity index (χ1) is 4.33. The van der Waals surface area contributed by atoms with Crippen LogP contribution in [0.15, 0.2) is 0 Å². The topological polar surface area (TPSA) is 26.3 Å². The number of hydrogen-bond donors (Lipinski definition) is 0. The van der Waals surface area contributed by atoms with Crippen molar-refractivity contribution in [2.75, 3.05) is 13.2 Å². The van der Waals surface area contributed by atoms with Crippen molar-refractivity contribution >= 4 is 5.78 Å². The second kappa shape index (κ2) is 1.57. The SMILES string of the molecule is O=C1CCOCC12CC2. The number of carbonyl (C=O) groups excluding carboxylic acids is 1. The molecule has 50 valence electrons. The van der Waals surface area contributed by atoms with Crippen molar-refractivity contribution in [2.45, 2.75) is 19.3 Å². The Bertz CT molecular complexity index is 147. The van der Waals surface area contributed by atoms with Crippen LogP contribution in [0.25, 0.3) is 0 Å². The van der Waals surface area contributed by atoms with Crippen molar-refractivity contribution in [3.05, 3.63) is 0 Å². The van der Waals surface area contributed by atoms with Gasteiger partial charge in [-0.15, -0.1) is 0 Å². The van der Waals surface area contributed by atoms with Crippen LogP contribution in [0, 0.1) is 5.41 Å². The minimum absolute atomic E-state index is 0.0260. The third-order valence-electron chi connectivity index (χ3n) is 2.30. The summed E-state index contributed by atoms with van der Waals surface area (Å²) in [5.41, 5.74) is 0.0260. The van der Waals surface area contributed by atoms with Crippen molar-refractivity contribution in [1.82, 2.24) is 0 Å². The smallest absolute Gasteiger partial charge is 0.143 e. The summed E-state index contributed by atoms with van der Waals surface area (Å²) >= 11 is 0. The molecule has 2 aliphatic rings. The van der Waals surface area contributed by atoms with Crippen LogP contribution in [-0.4, -0.2) is 19.0 Å². The van der Waals surface area contributed by atoms with Crippen LogP contribution in [0.1, 0.15) is 19.3 Å². The van der Waals surface area contributed by atoms with Crippen molar-refractivity contribution < 1.29 is 9.53 Å². The van der Waals surface area contributed by atoms with E-state index in [0.717, 1.165) is 12.8 Å². The van der Waals surface area contributed by atoms with E-state index in [1.807, 2.05) is 0 Å². The Balaban J connectivity index is 2.12. The molecule has 1 saturated heterocycles. The number of ketones is 1. The van der Waals surface area contributed by atoms with E-state index in [1.54, 1.807) is 0 Å². The molecule has 1 heterocycles. The van der Waals surface area contributed by atoms with Gasteiger partial charge in [-0.2, -0.15) is 0 Å². The molecule has 0 radical (unpaired) electrons. The number of ether oxygens (including phenoxy) is 1. The average Bonchev–Trinajstić information content (AvgIpc) is 2.60. The second-order valence-electron chi connectivity index (χ2n) is 3.01. The van der Waals surface area contributed by atoms with Gasteiger partial charge in [0.25, 0.3) is 0 Å². The summed E-state index contributed by atoms with van der Waals surface area (Å²) in [6.45, 7) is 1.35. The van der Waals surface area contributed by atoms with Gasteiger partial charge in [0, 0.05) is 6.42 Å². The molecule has 0 atom stereocenters. The Morgan fingerprint density at radius 2 is 2.22 bits per heavy atom. The Morgan fingerprint density at radius 3 is 2.67 bits per heavy atom. The van der Waals surface area contributed by atoms with Crippen LogP contribution in [0.5, 0.6) is 0 Å². The molecule has 0 amide bonds. The van der Waals surface area contributed by atoms with Gasteiger partial charge in [-0.1, -0.05) is 0 Å². The van der Waals surface area contributed by atoms with Gasteiger partial charge in [0.2, 0.25) is 0 Å². The highest BCUT2D eigenvalue weighted by molar-refractivity contribution is 5.88. The molecular formula is C7H10O2. The Labute approximate surface area is 54.2 Å². The lowest BCUT2D eigenvalue weighted by Crippen LogP contribution is -2.28. The highest BCUT2D eigenvalue weighted by Gasteiger charge is 2.50. The van der Waals surface area contributed by atoms with Gasteiger partial charge < -0.3 is 4.74 Å². The molecule has 0 aromatic heterocycles. The van der Waals surface area contributed by atoms with Gasteiger partial charge in [-0.05, 0) is 12.8 Å². The van der Waals surface area contributed by atoms with E-state index < -0.39 is 0 Å². The van der Waals surface area contributed by atoms with Crippen LogP contribution < -0.4 is 0 Å². The average molecular weight is 126 g/mol. The summed E-state index contributed by atoms with van der Waals surface area (Å²) < 4.78 is 5.20. The maximum atomic E-state index is 11.1. The quantitative estimate of drug-likeness (QED) is 0.479. The summed E-state index contributed by atoms with van der Waals surface area (Å²) in [5, 5.41) is 0. The van der Waals surface area contributed by atoms with E-state index in [2.05, 4.69) is 0 Å². The molecule has 0 aromatic carbocycles. The number of rotatable bonds is 0. The van der Waals surface area contributed by atoms with Gasteiger partial charge in [0.15, 0.2) is 0 Å². The van der Waals surface area contributed by atoms with Crippen LogP contribution >= 0.6 is 0 Å². The second-order valence-corrected chi connectivity index (χ2v) is 3.01. The number of hydrogen-bond acceptors (Lipinski definition) is 2. The highest BCUT2D eigenvalue weighted by atomic mass is 16.5. The summed E-state index contributed by atoms with van der Waals surface area (Å²) in [4.78, 5) is 11.1. The molecule has 0 N–H and O–H groups in total. The van der Waals surface area contributed by atoms with Gasteiger partial charge in [-0.25, -0.2) is 0 Å². The predicted molar refractivity (Wildman–Crippen MR) is 32.1 cm³/mol. The number of carbonyl (C=O) groups is 1. The molecule has 2 heteroatoms. The molecule has 1 aliphatic heterocycles. The molecule has 0 bridgehead atoms. The molecule has 2 rings (SSSR count). The third-order valence-corrected chi connectivity index (χ3v) is 2.30. The van der Waals surface area contributed by atoms with Gasteiger partial charge in [0.05, 0.1) is 18.6 Å². The van der Waals surface area contributed by atoms with Crippen LogP contribution in [0.2, 0.25) is 0 Å². The lowest BCUT2D eigenvalue weighted by atomic mass is 9.98. The molecule has 0 aromatic rings. The van der Waals surface area contributed by atoms with Crippen LogP contribution in [0.3, 0.4) is 0 Å². The van der Waals surface area contributed by atoms with E-state index in [-0.39, 0.29) is 5.41 Å². The molecule has 0 unspecified atom stereocenters. The fourth-order valence-corrected chi connectivity index (χ4v) is 1.35. The molecule has 1 aliphatic carbocycles. The first-order valence-electron chi connectivity index (χ1n) is 3.45. The maximum Gasteiger partial charge on any atom is 0.143 e. The van der Waals surface area contributed by atoms with Crippen LogP contribution in [0.4, 0.5) is 0 Å². The fourth-order valence-electron chi connectivity index (χ4n) is 1.35. The highest BCUT2D eigenvalue weighted by Crippen LogP contribution is 2.48. The largest absolute Gasteiger partial charge is 0.380 e. The van der Waals surface area contributed by atoms with E-state index in [0.29, 0.717) is 25.4 Å². The Morgan fingerprint density at radius 1 is 1.44 bits per heavy atom. The summed E-state index contributed by atoms with van der Waals surface area (Å²) in [6.07, 6.45) is 2.80. The summed E-state index contributed by atoms with van der Waals surface area (Å²) in [5.74, 6) is 0.439. The normalized spacial score (nSPS) is 30.9.